The second kappa shape index (κ2) is 6.89. The standard InChI is InChI=1S/C13H25NO2/c1-4-16-13(15)10-12(11(2)3)14-8-6-5-7-9-14/h11-12H,4-10H2,1-3H3/t12-/m0/s1. The molecule has 0 aliphatic carbocycles. The van der Waals surface area contributed by atoms with E-state index >= 15 is 0 Å². The molecule has 0 saturated carbocycles. The largest absolute Gasteiger partial charge is 0.466 e. The van der Waals surface area contributed by atoms with Crippen LogP contribution in [0.1, 0.15) is 46.5 Å². The third kappa shape index (κ3) is 4.12. The van der Waals surface area contributed by atoms with Gasteiger partial charge in [-0.15, -0.1) is 0 Å². The summed E-state index contributed by atoms with van der Waals surface area (Å²) in [5.74, 6) is 0.467. The second-order valence-electron chi connectivity index (χ2n) is 4.92. The summed E-state index contributed by atoms with van der Waals surface area (Å²) >= 11 is 0. The highest BCUT2D eigenvalue weighted by Crippen LogP contribution is 2.20. The van der Waals surface area contributed by atoms with Gasteiger partial charge in [-0.05, 0) is 38.8 Å². The lowest BCUT2D eigenvalue weighted by molar-refractivity contribution is -0.145. The molecule has 0 N–H and O–H groups in total. The smallest absolute Gasteiger partial charge is 0.307 e. The average molecular weight is 227 g/mol. The van der Waals surface area contributed by atoms with E-state index in [9.17, 15) is 4.79 Å². The third-order valence-electron chi connectivity index (χ3n) is 3.31. The number of carbonyl (C=O) groups is 1. The van der Waals surface area contributed by atoms with Crippen molar-refractivity contribution in [3.8, 4) is 0 Å². The van der Waals surface area contributed by atoms with Crippen LogP contribution in [0, 0.1) is 5.92 Å². The summed E-state index contributed by atoms with van der Waals surface area (Å²) in [4.78, 5) is 14.0. The van der Waals surface area contributed by atoms with Crippen molar-refractivity contribution in [1.29, 1.82) is 0 Å². The van der Waals surface area contributed by atoms with Crippen LogP contribution < -0.4 is 0 Å². The van der Waals surface area contributed by atoms with Crippen molar-refractivity contribution in [2.75, 3.05) is 19.7 Å². The van der Waals surface area contributed by atoms with Crippen molar-refractivity contribution in [1.82, 2.24) is 4.90 Å². The molecule has 1 aliphatic rings. The summed E-state index contributed by atoms with van der Waals surface area (Å²) in [5, 5.41) is 0. The molecule has 1 aliphatic heterocycles. The Morgan fingerprint density at radius 1 is 1.25 bits per heavy atom. The van der Waals surface area contributed by atoms with E-state index in [2.05, 4.69) is 18.7 Å². The molecule has 0 aromatic carbocycles. The molecule has 1 atom stereocenters. The van der Waals surface area contributed by atoms with Gasteiger partial charge in [0.25, 0.3) is 0 Å². The Hall–Kier alpha value is -0.570. The molecular weight excluding hydrogens is 202 g/mol. The number of piperidine rings is 1. The quantitative estimate of drug-likeness (QED) is 0.676. The SMILES string of the molecule is CCOC(=O)C[C@@H](C(C)C)N1CCCCC1. The van der Waals surface area contributed by atoms with Crippen LogP contribution in [0.25, 0.3) is 0 Å². The Labute approximate surface area is 99.1 Å². The van der Waals surface area contributed by atoms with Gasteiger partial charge in [-0.2, -0.15) is 0 Å². The fourth-order valence-electron chi connectivity index (χ4n) is 2.43. The molecule has 0 aromatic heterocycles. The van der Waals surface area contributed by atoms with E-state index in [4.69, 9.17) is 4.74 Å². The molecule has 0 bridgehead atoms. The zero-order chi connectivity index (χ0) is 12.0. The van der Waals surface area contributed by atoms with Gasteiger partial charge in [0.05, 0.1) is 13.0 Å². The molecule has 0 amide bonds. The van der Waals surface area contributed by atoms with E-state index < -0.39 is 0 Å². The maximum absolute atomic E-state index is 11.6. The van der Waals surface area contributed by atoms with Gasteiger partial charge in [0.1, 0.15) is 0 Å². The zero-order valence-corrected chi connectivity index (χ0v) is 10.9. The van der Waals surface area contributed by atoms with Gasteiger partial charge < -0.3 is 4.74 Å². The van der Waals surface area contributed by atoms with E-state index in [0.29, 0.717) is 25.0 Å². The fourth-order valence-corrected chi connectivity index (χ4v) is 2.43. The topological polar surface area (TPSA) is 29.5 Å². The number of hydrogen-bond acceptors (Lipinski definition) is 3. The average Bonchev–Trinajstić information content (AvgIpc) is 2.27. The summed E-state index contributed by atoms with van der Waals surface area (Å²) in [6.07, 6.45) is 4.42. The first-order valence-electron chi connectivity index (χ1n) is 6.54. The monoisotopic (exact) mass is 227 g/mol. The summed E-state index contributed by atoms with van der Waals surface area (Å²) in [6.45, 7) is 9.02. The Bertz CT molecular complexity index is 210. The summed E-state index contributed by atoms with van der Waals surface area (Å²) in [6, 6.07) is 0.361. The number of hydrogen-bond donors (Lipinski definition) is 0. The molecule has 0 aromatic rings. The first kappa shape index (κ1) is 13.5. The third-order valence-corrected chi connectivity index (χ3v) is 3.31. The first-order valence-corrected chi connectivity index (χ1v) is 6.54. The number of likely N-dealkylation sites (tertiary alicyclic amines) is 1. The van der Waals surface area contributed by atoms with Crippen LogP contribution in [0.2, 0.25) is 0 Å². The van der Waals surface area contributed by atoms with Crippen LogP contribution in [-0.2, 0) is 9.53 Å². The molecule has 1 heterocycles. The lowest BCUT2D eigenvalue weighted by atomic mass is 9.96. The lowest BCUT2D eigenvalue weighted by Gasteiger charge is -2.36. The lowest BCUT2D eigenvalue weighted by Crippen LogP contribution is -2.43. The zero-order valence-electron chi connectivity index (χ0n) is 10.9. The highest BCUT2D eigenvalue weighted by Gasteiger charge is 2.26. The van der Waals surface area contributed by atoms with Gasteiger partial charge in [-0.3, -0.25) is 9.69 Å². The number of carbonyl (C=O) groups excluding carboxylic acids is 1. The predicted molar refractivity (Wildman–Crippen MR) is 65.3 cm³/mol. The van der Waals surface area contributed by atoms with Gasteiger partial charge in [0, 0.05) is 6.04 Å². The van der Waals surface area contributed by atoms with Crippen molar-refractivity contribution < 1.29 is 9.53 Å². The molecule has 3 nitrogen and oxygen atoms in total. The van der Waals surface area contributed by atoms with Crippen molar-refractivity contribution in [2.24, 2.45) is 5.92 Å². The molecule has 1 rings (SSSR count). The van der Waals surface area contributed by atoms with E-state index in [-0.39, 0.29) is 5.97 Å². The van der Waals surface area contributed by atoms with Crippen LogP contribution in [0.15, 0.2) is 0 Å². The Morgan fingerprint density at radius 2 is 1.88 bits per heavy atom. The first-order chi connectivity index (χ1) is 7.65. The number of esters is 1. The van der Waals surface area contributed by atoms with Gasteiger partial charge in [-0.1, -0.05) is 20.3 Å². The van der Waals surface area contributed by atoms with Gasteiger partial charge in [-0.25, -0.2) is 0 Å². The number of ether oxygens (including phenoxy) is 1. The van der Waals surface area contributed by atoms with E-state index in [1.807, 2.05) is 6.92 Å². The Kier molecular flexibility index (Phi) is 5.81. The Balaban J connectivity index is 2.48. The van der Waals surface area contributed by atoms with Crippen LogP contribution in [0.4, 0.5) is 0 Å². The number of nitrogens with zero attached hydrogens (tertiary/aromatic N) is 1. The Morgan fingerprint density at radius 3 is 2.38 bits per heavy atom. The van der Waals surface area contributed by atoms with Crippen LogP contribution in [0.3, 0.4) is 0 Å². The maximum atomic E-state index is 11.6. The molecule has 0 radical (unpaired) electrons. The van der Waals surface area contributed by atoms with E-state index in [1.54, 1.807) is 0 Å². The van der Waals surface area contributed by atoms with Crippen molar-refractivity contribution >= 4 is 5.97 Å². The summed E-state index contributed by atoms with van der Waals surface area (Å²) in [7, 11) is 0. The minimum Gasteiger partial charge on any atom is -0.466 e. The minimum absolute atomic E-state index is 0.0493. The maximum Gasteiger partial charge on any atom is 0.307 e. The van der Waals surface area contributed by atoms with Crippen molar-refractivity contribution in [3.63, 3.8) is 0 Å². The van der Waals surface area contributed by atoms with Crippen LogP contribution >= 0.6 is 0 Å². The molecule has 1 saturated heterocycles. The highest BCUT2D eigenvalue weighted by molar-refractivity contribution is 5.70. The molecule has 0 spiro atoms. The van der Waals surface area contributed by atoms with Crippen LogP contribution in [0.5, 0.6) is 0 Å². The normalized spacial score (nSPS) is 19.8. The fraction of sp³-hybridized carbons (Fsp3) is 0.923. The number of rotatable bonds is 5. The van der Waals surface area contributed by atoms with Gasteiger partial charge in [0.2, 0.25) is 0 Å². The molecule has 94 valence electrons. The second-order valence-corrected chi connectivity index (χ2v) is 4.92. The molecule has 3 heteroatoms. The van der Waals surface area contributed by atoms with Crippen molar-refractivity contribution in [2.45, 2.75) is 52.5 Å². The molecule has 1 fully saturated rings. The highest BCUT2D eigenvalue weighted by atomic mass is 16.5. The summed E-state index contributed by atoms with van der Waals surface area (Å²) in [5.41, 5.74) is 0. The predicted octanol–water partition coefficient (Wildman–Crippen LogP) is 2.45. The molecule has 0 unspecified atom stereocenters. The van der Waals surface area contributed by atoms with E-state index in [1.165, 1.54) is 19.3 Å². The van der Waals surface area contributed by atoms with Crippen LogP contribution in [-0.4, -0.2) is 36.6 Å². The molecule has 16 heavy (non-hydrogen) atoms. The minimum atomic E-state index is -0.0493. The van der Waals surface area contributed by atoms with Gasteiger partial charge >= 0.3 is 5.97 Å². The van der Waals surface area contributed by atoms with E-state index in [0.717, 1.165) is 13.1 Å². The molecular formula is C13H25NO2. The summed E-state index contributed by atoms with van der Waals surface area (Å²) < 4.78 is 5.05. The van der Waals surface area contributed by atoms with Crippen molar-refractivity contribution in [3.05, 3.63) is 0 Å². The van der Waals surface area contributed by atoms with Gasteiger partial charge in [0.15, 0.2) is 0 Å².